The molecule has 0 fully saturated rings. The Labute approximate surface area is 109 Å². The molecule has 0 saturated carbocycles. The van der Waals surface area contributed by atoms with E-state index in [1.54, 1.807) is 0 Å². The SMILES string of the molecule is [2H]CC(CC=O)CC([CH2-])=O.[CH2-]N(C)CC.[W+2]. The van der Waals surface area contributed by atoms with Crippen LogP contribution in [0.4, 0.5) is 0 Å². The van der Waals surface area contributed by atoms with E-state index in [9.17, 15) is 9.59 Å². The number of aldehydes is 1. The van der Waals surface area contributed by atoms with Crippen LogP contribution in [0.2, 0.25) is 0 Å². The van der Waals surface area contributed by atoms with Gasteiger partial charge in [-0.1, -0.05) is 13.8 Å². The predicted octanol–water partition coefficient (Wildman–Crippen LogP) is 1.73. The van der Waals surface area contributed by atoms with Gasteiger partial charge < -0.3 is 21.4 Å². The summed E-state index contributed by atoms with van der Waals surface area (Å²) in [6.45, 7) is 6.39. The van der Waals surface area contributed by atoms with Crippen LogP contribution >= 0.6 is 0 Å². The quantitative estimate of drug-likeness (QED) is 0.536. The number of rotatable bonds is 5. The van der Waals surface area contributed by atoms with Crippen LogP contribution in [0.15, 0.2) is 0 Å². The second kappa shape index (κ2) is 13.9. The number of carbonyl (C=O) groups excluding carboxylic acids is 2. The van der Waals surface area contributed by atoms with Gasteiger partial charge in [0, 0.05) is 7.79 Å². The van der Waals surface area contributed by atoms with Gasteiger partial charge in [-0.15, -0.1) is 0 Å². The van der Waals surface area contributed by atoms with Crippen molar-refractivity contribution in [1.29, 1.82) is 0 Å². The zero-order chi connectivity index (χ0) is 12.3. The first-order chi connectivity index (χ1) is 6.97. The molecule has 0 aromatic heterocycles. The molecule has 4 heteroatoms. The zero-order valence-corrected chi connectivity index (χ0v) is 12.5. The smallest absolute Gasteiger partial charge is 0.462 e. The standard InChI is InChI=1S/C7H11O2.C4H10N.W/c1-6(3-4-8)5-7(2)9;1-4-5(2)3;/h4,6H,2-3,5H2,1H3;2,4H2,1,3H3;/q2*-1;+2/i1D;;. The fourth-order valence-corrected chi connectivity index (χ4v) is 0.541. The van der Waals surface area contributed by atoms with Gasteiger partial charge in [0.15, 0.2) is 0 Å². The van der Waals surface area contributed by atoms with Crippen molar-refractivity contribution in [1.82, 2.24) is 4.90 Å². The minimum Gasteiger partial charge on any atom is -0.462 e. The molecule has 88 valence electrons. The van der Waals surface area contributed by atoms with Crippen LogP contribution in [0.5, 0.6) is 0 Å². The van der Waals surface area contributed by atoms with Crippen LogP contribution in [-0.4, -0.2) is 30.6 Å². The Morgan fingerprint density at radius 1 is 1.67 bits per heavy atom. The second-order valence-electron chi connectivity index (χ2n) is 3.18. The van der Waals surface area contributed by atoms with Gasteiger partial charge in [0.2, 0.25) is 0 Å². The Balaban J connectivity index is -0.000000242. The van der Waals surface area contributed by atoms with E-state index in [2.05, 4.69) is 20.9 Å². The summed E-state index contributed by atoms with van der Waals surface area (Å²) in [6, 6.07) is 0. The molecule has 0 heterocycles. The number of hydrogen-bond donors (Lipinski definition) is 0. The average molecular weight is 384 g/mol. The molecule has 3 nitrogen and oxygen atoms in total. The van der Waals surface area contributed by atoms with Gasteiger partial charge in [-0.3, -0.25) is 7.05 Å². The summed E-state index contributed by atoms with van der Waals surface area (Å²) in [5.41, 5.74) is 0. The second-order valence-corrected chi connectivity index (χ2v) is 3.18. The van der Waals surface area contributed by atoms with Gasteiger partial charge in [-0.2, -0.15) is 0 Å². The molecule has 1 atom stereocenters. The van der Waals surface area contributed by atoms with Crippen LogP contribution in [0.3, 0.4) is 0 Å². The van der Waals surface area contributed by atoms with Crippen molar-refractivity contribution in [2.75, 3.05) is 13.6 Å². The third-order valence-corrected chi connectivity index (χ3v) is 1.49. The van der Waals surface area contributed by atoms with E-state index in [4.69, 9.17) is 1.37 Å². The van der Waals surface area contributed by atoms with E-state index in [0.717, 1.165) is 12.8 Å². The van der Waals surface area contributed by atoms with E-state index in [-0.39, 0.29) is 46.1 Å². The Morgan fingerprint density at radius 2 is 2.13 bits per heavy atom. The molecule has 0 bridgehead atoms. The molecular formula is C11H21NO2W. The summed E-state index contributed by atoms with van der Waals surface area (Å²) >= 11 is 0. The van der Waals surface area contributed by atoms with Gasteiger partial charge in [0.1, 0.15) is 6.29 Å². The van der Waals surface area contributed by atoms with Gasteiger partial charge >= 0.3 is 21.1 Å². The number of ketones is 1. The van der Waals surface area contributed by atoms with Crippen molar-refractivity contribution >= 4 is 12.1 Å². The third kappa shape index (κ3) is 24.8. The molecule has 0 aliphatic heterocycles. The van der Waals surface area contributed by atoms with Crippen molar-refractivity contribution < 1.29 is 32.0 Å². The molecule has 0 spiro atoms. The van der Waals surface area contributed by atoms with Crippen molar-refractivity contribution in [3.8, 4) is 0 Å². The molecule has 0 saturated heterocycles. The maximum absolute atomic E-state index is 10.4. The van der Waals surface area contributed by atoms with Gasteiger partial charge in [-0.25, -0.2) is 0 Å². The summed E-state index contributed by atoms with van der Waals surface area (Å²) in [5.74, 6) is -0.318. The van der Waals surface area contributed by atoms with Crippen molar-refractivity contribution in [2.45, 2.75) is 26.7 Å². The van der Waals surface area contributed by atoms with Gasteiger partial charge in [-0.05, 0) is 31.7 Å². The zero-order valence-electron chi connectivity index (χ0n) is 10.6. The van der Waals surface area contributed by atoms with Crippen LogP contribution in [0.1, 0.15) is 28.0 Å². The normalized spacial score (nSPS) is 11.6. The van der Waals surface area contributed by atoms with E-state index in [0.29, 0.717) is 6.42 Å². The minimum atomic E-state index is -0.195. The molecule has 0 amide bonds. The molecule has 0 aliphatic carbocycles. The first-order valence-corrected chi connectivity index (χ1v) is 4.57. The summed E-state index contributed by atoms with van der Waals surface area (Å²) in [6.07, 6.45) is 1.29. The summed E-state index contributed by atoms with van der Waals surface area (Å²) in [4.78, 5) is 22.2. The maximum Gasteiger partial charge on any atom is 2.00 e. The molecule has 0 rings (SSSR count). The number of nitrogens with zero attached hydrogens (tertiary/aromatic N) is 1. The molecule has 0 radical (unpaired) electrons. The molecule has 0 N–H and O–H groups in total. The molecule has 1 unspecified atom stereocenters. The van der Waals surface area contributed by atoms with Crippen LogP contribution in [-0.2, 0) is 30.7 Å². The third-order valence-electron chi connectivity index (χ3n) is 1.49. The molecular weight excluding hydrogens is 362 g/mol. The Kier molecular flexibility index (Phi) is 15.9. The van der Waals surface area contributed by atoms with E-state index >= 15 is 0 Å². The number of Topliss-reactive ketones (excluding diaryl/α,β-unsaturated/α-hetero) is 1. The maximum atomic E-state index is 10.4. The fourth-order valence-electron chi connectivity index (χ4n) is 0.541. The number of hydrogen-bond acceptors (Lipinski definition) is 3. The summed E-state index contributed by atoms with van der Waals surface area (Å²) in [7, 11) is 5.53. The Hall–Kier alpha value is -0.142. The summed E-state index contributed by atoms with van der Waals surface area (Å²) in [5, 5.41) is 0. The topological polar surface area (TPSA) is 37.4 Å². The molecule has 0 aromatic carbocycles. The van der Waals surface area contributed by atoms with Crippen molar-refractivity contribution in [3.63, 3.8) is 0 Å². The molecule has 0 aromatic rings. The van der Waals surface area contributed by atoms with Crippen LogP contribution < -0.4 is 0 Å². The van der Waals surface area contributed by atoms with Gasteiger partial charge in [0.25, 0.3) is 0 Å². The van der Waals surface area contributed by atoms with Crippen LogP contribution in [0, 0.1) is 19.9 Å². The minimum absolute atomic E-state index is 0. The predicted molar refractivity (Wildman–Crippen MR) is 58.5 cm³/mol. The fraction of sp³-hybridized carbons (Fsp3) is 0.636. The molecule has 0 aliphatic rings. The van der Waals surface area contributed by atoms with E-state index < -0.39 is 0 Å². The van der Waals surface area contributed by atoms with E-state index in [1.165, 1.54) is 0 Å². The Morgan fingerprint density at radius 3 is 2.33 bits per heavy atom. The Bertz CT molecular complexity index is 177. The van der Waals surface area contributed by atoms with Crippen molar-refractivity contribution in [2.24, 2.45) is 5.92 Å². The first kappa shape index (κ1) is 17.3. The largest absolute Gasteiger partial charge is 2.00 e. The van der Waals surface area contributed by atoms with Crippen LogP contribution in [0.25, 0.3) is 0 Å². The summed E-state index contributed by atoms with van der Waals surface area (Å²) < 4.78 is 6.92. The van der Waals surface area contributed by atoms with Gasteiger partial charge in [0.05, 0.1) is 0 Å². The molecule has 15 heavy (non-hydrogen) atoms. The average Bonchev–Trinajstić information content (AvgIpc) is 2.17. The monoisotopic (exact) mass is 384 g/mol. The first-order valence-electron chi connectivity index (χ1n) is 5.27. The van der Waals surface area contributed by atoms with E-state index in [1.807, 2.05) is 11.9 Å². The van der Waals surface area contributed by atoms with Crippen molar-refractivity contribution in [3.05, 3.63) is 14.0 Å². The number of carbonyl (C=O) groups is 2.